The molecule has 1 aliphatic rings. The van der Waals surface area contributed by atoms with Gasteiger partial charge in [0.05, 0.1) is 16.4 Å². The molecule has 0 aliphatic heterocycles. The van der Waals surface area contributed by atoms with Crippen molar-refractivity contribution in [1.82, 2.24) is 15.0 Å². The van der Waals surface area contributed by atoms with Gasteiger partial charge in [0, 0.05) is 18.1 Å². The predicted molar refractivity (Wildman–Crippen MR) is 136 cm³/mol. The van der Waals surface area contributed by atoms with E-state index in [9.17, 15) is 33.3 Å². The SMILES string of the molecule is CC(C)(O)c1cc(Nc2nccc(C(F)(F)F)n2)cc(-c2cnc(C3(O)CCC(C(=O)O)C(C)(C)C3)s2)c1. The number of hydrogen-bond donors (Lipinski definition) is 4. The van der Waals surface area contributed by atoms with Crippen molar-refractivity contribution in [2.75, 3.05) is 5.32 Å². The van der Waals surface area contributed by atoms with E-state index in [0.29, 0.717) is 33.1 Å². The minimum atomic E-state index is -4.63. The minimum absolute atomic E-state index is 0.229. The zero-order chi connectivity index (χ0) is 28.1. The average molecular weight is 551 g/mol. The van der Waals surface area contributed by atoms with Gasteiger partial charge in [-0.25, -0.2) is 15.0 Å². The van der Waals surface area contributed by atoms with Gasteiger partial charge in [0.2, 0.25) is 5.95 Å². The molecule has 0 saturated heterocycles. The van der Waals surface area contributed by atoms with Crippen molar-refractivity contribution < 1.29 is 33.3 Å². The molecular formula is C26H29F3N4O4S. The van der Waals surface area contributed by atoms with Crippen molar-refractivity contribution in [1.29, 1.82) is 0 Å². The fourth-order valence-corrected chi connectivity index (χ4v) is 5.92. The van der Waals surface area contributed by atoms with Crippen molar-refractivity contribution >= 4 is 28.9 Å². The van der Waals surface area contributed by atoms with E-state index in [-0.39, 0.29) is 18.8 Å². The fourth-order valence-electron chi connectivity index (χ4n) is 4.90. The summed E-state index contributed by atoms with van der Waals surface area (Å²) in [6.07, 6.45) is -1.24. The molecule has 2 heterocycles. The number of thiazole rings is 1. The Morgan fingerprint density at radius 1 is 1.18 bits per heavy atom. The Hall–Kier alpha value is -3.09. The Bertz CT molecular complexity index is 1350. The highest BCUT2D eigenvalue weighted by Crippen LogP contribution is 2.51. The Morgan fingerprint density at radius 2 is 1.89 bits per heavy atom. The van der Waals surface area contributed by atoms with E-state index in [1.807, 2.05) is 13.8 Å². The quantitative estimate of drug-likeness (QED) is 0.308. The van der Waals surface area contributed by atoms with Crippen LogP contribution in [0.25, 0.3) is 10.4 Å². The second kappa shape index (κ2) is 9.58. The lowest BCUT2D eigenvalue weighted by Gasteiger charge is -2.44. The number of nitrogens with zero attached hydrogens (tertiary/aromatic N) is 3. The first-order chi connectivity index (χ1) is 17.5. The number of carboxylic acid groups (broad SMARTS) is 1. The van der Waals surface area contributed by atoms with Gasteiger partial charge in [-0.3, -0.25) is 4.79 Å². The normalized spacial score (nSPS) is 21.8. The topological polar surface area (TPSA) is 128 Å². The van der Waals surface area contributed by atoms with Crippen molar-refractivity contribution in [3.05, 3.63) is 52.9 Å². The van der Waals surface area contributed by atoms with Crippen LogP contribution in [0.3, 0.4) is 0 Å². The molecular weight excluding hydrogens is 521 g/mol. The van der Waals surface area contributed by atoms with Gasteiger partial charge in [0.1, 0.15) is 16.3 Å². The van der Waals surface area contributed by atoms with Gasteiger partial charge in [-0.15, -0.1) is 11.3 Å². The Morgan fingerprint density at radius 3 is 2.50 bits per heavy atom. The van der Waals surface area contributed by atoms with Gasteiger partial charge in [-0.05, 0) is 73.9 Å². The zero-order valence-electron chi connectivity index (χ0n) is 21.3. The summed E-state index contributed by atoms with van der Waals surface area (Å²) >= 11 is 1.24. The third-order valence-corrected chi connectivity index (χ3v) is 8.11. The molecule has 38 heavy (non-hydrogen) atoms. The molecule has 204 valence electrons. The molecule has 1 aromatic carbocycles. The smallest absolute Gasteiger partial charge is 0.433 e. The van der Waals surface area contributed by atoms with Crippen LogP contribution in [0, 0.1) is 11.3 Å². The van der Waals surface area contributed by atoms with Crippen molar-refractivity contribution in [2.45, 2.75) is 64.3 Å². The number of rotatable bonds is 6. The van der Waals surface area contributed by atoms with E-state index in [2.05, 4.69) is 20.3 Å². The molecule has 4 N–H and O–H groups in total. The lowest BCUT2D eigenvalue weighted by atomic mass is 9.63. The molecule has 12 heteroatoms. The number of alkyl halides is 3. The molecule has 8 nitrogen and oxygen atoms in total. The van der Waals surface area contributed by atoms with Gasteiger partial charge in [-0.2, -0.15) is 13.2 Å². The molecule has 3 aromatic rings. The number of benzene rings is 1. The van der Waals surface area contributed by atoms with Crippen molar-refractivity contribution in [3.63, 3.8) is 0 Å². The van der Waals surface area contributed by atoms with Gasteiger partial charge in [0.15, 0.2) is 0 Å². The largest absolute Gasteiger partial charge is 0.481 e. The first kappa shape index (κ1) is 27.9. The van der Waals surface area contributed by atoms with Crippen LogP contribution in [0.15, 0.2) is 36.7 Å². The molecule has 2 aromatic heterocycles. The summed E-state index contributed by atoms with van der Waals surface area (Å²) in [6.45, 7) is 6.82. The van der Waals surface area contributed by atoms with E-state index in [0.717, 1.165) is 12.3 Å². The van der Waals surface area contributed by atoms with Crippen molar-refractivity contribution in [2.24, 2.45) is 11.3 Å². The van der Waals surface area contributed by atoms with E-state index in [4.69, 9.17) is 0 Å². The molecule has 1 fully saturated rings. The van der Waals surface area contributed by atoms with Gasteiger partial charge < -0.3 is 20.6 Å². The molecule has 0 radical (unpaired) electrons. The van der Waals surface area contributed by atoms with Crippen LogP contribution in [0.1, 0.15) is 63.2 Å². The second-order valence-corrected chi connectivity index (χ2v) is 11.9. The second-order valence-electron chi connectivity index (χ2n) is 10.9. The molecule has 0 bridgehead atoms. The number of carbonyl (C=O) groups is 1. The highest BCUT2D eigenvalue weighted by molar-refractivity contribution is 7.15. The highest BCUT2D eigenvalue weighted by atomic mass is 32.1. The molecule has 4 rings (SSSR count). The van der Waals surface area contributed by atoms with E-state index in [1.165, 1.54) is 11.3 Å². The number of halogens is 3. The Balaban J connectivity index is 1.68. The van der Waals surface area contributed by atoms with E-state index >= 15 is 0 Å². The van der Waals surface area contributed by atoms with Gasteiger partial charge in [-0.1, -0.05) is 13.8 Å². The van der Waals surface area contributed by atoms with Gasteiger partial charge >= 0.3 is 12.1 Å². The van der Waals surface area contributed by atoms with Crippen LogP contribution in [0.2, 0.25) is 0 Å². The zero-order valence-corrected chi connectivity index (χ0v) is 22.1. The molecule has 1 saturated carbocycles. The summed E-state index contributed by atoms with van der Waals surface area (Å²) in [6, 6.07) is 5.78. The molecule has 0 spiro atoms. The van der Waals surface area contributed by atoms with Gasteiger partial charge in [0.25, 0.3) is 0 Å². The van der Waals surface area contributed by atoms with Crippen LogP contribution in [-0.2, 0) is 22.2 Å². The lowest BCUT2D eigenvalue weighted by Crippen LogP contribution is -2.44. The third-order valence-electron chi connectivity index (χ3n) is 6.87. The van der Waals surface area contributed by atoms with Crippen LogP contribution in [-0.4, -0.2) is 36.2 Å². The van der Waals surface area contributed by atoms with Crippen LogP contribution in [0.5, 0.6) is 0 Å². The number of nitrogens with one attached hydrogen (secondary N) is 1. The maximum Gasteiger partial charge on any atom is 0.433 e. The molecule has 1 aliphatic carbocycles. The number of aromatic nitrogens is 3. The average Bonchev–Trinajstić information content (AvgIpc) is 3.28. The Kier molecular flexibility index (Phi) is 7.04. The summed E-state index contributed by atoms with van der Waals surface area (Å²) < 4.78 is 39.3. The number of aliphatic carboxylic acids is 1. The summed E-state index contributed by atoms with van der Waals surface area (Å²) in [7, 11) is 0. The standard InChI is InChI=1S/C26H29F3N4O4S/c1-23(2)13-25(37,7-5-17(23)20(34)35)21-31-12-18(38-21)14-9-15(24(3,4)36)11-16(10-14)32-22-30-8-6-19(33-22)26(27,28)29/h6,8-12,17,36-37H,5,7,13H2,1-4H3,(H,34,35)(H,30,32,33). The Labute approximate surface area is 221 Å². The first-order valence-corrected chi connectivity index (χ1v) is 12.8. The fraction of sp³-hybridized carbons (Fsp3) is 0.462. The van der Waals surface area contributed by atoms with Crippen LogP contribution < -0.4 is 5.32 Å². The summed E-state index contributed by atoms with van der Waals surface area (Å²) in [4.78, 5) is 24.2. The number of anilines is 2. The van der Waals surface area contributed by atoms with Crippen LogP contribution >= 0.6 is 11.3 Å². The lowest BCUT2D eigenvalue weighted by molar-refractivity contribution is -0.154. The maximum absolute atomic E-state index is 13.1. The molecule has 2 atom stereocenters. The predicted octanol–water partition coefficient (Wildman–Crippen LogP) is 5.69. The minimum Gasteiger partial charge on any atom is -0.481 e. The molecule has 2 unspecified atom stereocenters. The van der Waals surface area contributed by atoms with E-state index < -0.39 is 40.4 Å². The maximum atomic E-state index is 13.1. The van der Waals surface area contributed by atoms with Crippen molar-refractivity contribution in [3.8, 4) is 10.4 Å². The summed E-state index contributed by atoms with van der Waals surface area (Å²) in [5, 5.41) is 34.9. The number of aliphatic hydroxyl groups is 2. The monoisotopic (exact) mass is 550 g/mol. The number of carboxylic acids is 1. The molecule has 0 amide bonds. The van der Waals surface area contributed by atoms with E-state index in [1.54, 1.807) is 38.2 Å². The highest BCUT2D eigenvalue weighted by Gasteiger charge is 2.49. The number of hydrogen-bond acceptors (Lipinski definition) is 8. The van der Waals surface area contributed by atoms with Crippen LogP contribution in [0.4, 0.5) is 24.8 Å². The third kappa shape index (κ3) is 5.82. The summed E-state index contributed by atoms with van der Waals surface area (Å²) in [5.74, 6) is -1.71. The first-order valence-electron chi connectivity index (χ1n) is 11.9. The summed E-state index contributed by atoms with van der Waals surface area (Å²) in [5.41, 5.74) is -2.84.